The highest BCUT2D eigenvalue weighted by Crippen LogP contribution is 2.50. The number of hydrogen-bond acceptors (Lipinski definition) is 2. The molecule has 2 heteroatoms. The average molecular weight is 280 g/mol. The van der Waals surface area contributed by atoms with E-state index in [2.05, 4.69) is 13.8 Å². The highest BCUT2D eigenvalue weighted by atomic mass is 16.5. The Hall–Kier alpha value is -0.0800. The van der Waals surface area contributed by atoms with E-state index in [0.29, 0.717) is 17.8 Å². The lowest BCUT2D eigenvalue weighted by Crippen LogP contribution is -2.54. The van der Waals surface area contributed by atoms with E-state index in [9.17, 15) is 5.11 Å². The van der Waals surface area contributed by atoms with Crippen LogP contribution < -0.4 is 0 Å². The van der Waals surface area contributed by atoms with Gasteiger partial charge in [0.15, 0.2) is 0 Å². The topological polar surface area (TPSA) is 29.5 Å². The lowest BCUT2D eigenvalue weighted by molar-refractivity contribution is -0.182. The van der Waals surface area contributed by atoms with Crippen LogP contribution in [0.3, 0.4) is 0 Å². The molecule has 0 amide bonds. The molecule has 3 fully saturated rings. The van der Waals surface area contributed by atoms with Crippen LogP contribution in [0.4, 0.5) is 0 Å². The molecule has 0 aromatic rings. The summed E-state index contributed by atoms with van der Waals surface area (Å²) in [5.41, 5.74) is -0.302. The quantitative estimate of drug-likeness (QED) is 0.776. The monoisotopic (exact) mass is 280 g/mol. The van der Waals surface area contributed by atoms with Crippen molar-refractivity contribution in [2.45, 2.75) is 89.3 Å². The summed E-state index contributed by atoms with van der Waals surface area (Å²) < 4.78 is 6.22. The number of rotatable bonds is 1. The van der Waals surface area contributed by atoms with Gasteiger partial charge in [0.1, 0.15) is 0 Å². The van der Waals surface area contributed by atoms with Gasteiger partial charge in [0.2, 0.25) is 0 Å². The molecule has 1 N–H and O–H groups in total. The zero-order valence-corrected chi connectivity index (χ0v) is 13.4. The molecule has 3 aliphatic rings. The second-order valence-electron chi connectivity index (χ2n) is 7.93. The van der Waals surface area contributed by atoms with Gasteiger partial charge >= 0.3 is 0 Å². The third-order valence-electron chi connectivity index (χ3n) is 6.84. The molecule has 20 heavy (non-hydrogen) atoms. The maximum Gasteiger partial charge on any atom is 0.0705 e. The van der Waals surface area contributed by atoms with E-state index >= 15 is 0 Å². The van der Waals surface area contributed by atoms with Crippen LogP contribution in [-0.2, 0) is 4.74 Å². The molecule has 1 spiro atoms. The molecule has 0 radical (unpaired) electrons. The molecule has 0 aromatic heterocycles. The first-order valence-electron chi connectivity index (χ1n) is 8.92. The molecule has 1 saturated heterocycles. The standard InChI is InChI=1S/C18H32O2/c1-14-7-6-11-18(19,15(14)2)16-8-12-20-17(13-16)9-4-3-5-10-17/h14-16,19H,3-13H2,1-2H3. The number of aliphatic hydroxyl groups is 1. The van der Waals surface area contributed by atoms with Crippen LogP contribution >= 0.6 is 0 Å². The predicted octanol–water partition coefficient (Wildman–Crippen LogP) is 4.30. The fourth-order valence-corrected chi connectivity index (χ4v) is 5.25. The van der Waals surface area contributed by atoms with Crippen molar-refractivity contribution in [1.82, 2.24) is 0 Å². The van der Waals surface area contributed by atoms with Crippen molar-refractivity contribution in [3.63, 3.8) is 0 Å². The average Bonchev–Trinajstić information content (AvgIpc) is 2.46. The maximum absolute atomic E-state index is 11.4. The van der Waals surface area contributed by atoms with E-state index < -0.39 is 5.60 Å². The summed E-state index contributed by atoms with van der Waals surface area (Å²) in [6.07, 6.45) is 12.1. The van der Waals surface area contributed by atoms with Crippen molar-refractivity contribution in [3.8, 4) is 0 Å². The first-order chi connectivity index (χ1) is 9.56. The van der Waals surface area contributed by atoms with Gasteiger partial charge < -0.3 is 9.84 Å². The summed E-state index contributed by atoms with van der Waals surface area (Å²) in [7, 11) is 0. The van der Waals surface area contributed by atoms with Crippen LogP contribution in [0.5, 0.6) is 0 Å². The van der Waals surface area contributed by atoms with Crippen LogP contribution in [-0.4, -0.2) is 22.9 Å². The number of hydrogen-bond donors (Lipinski definition) is 1. The minimum Gasteiger partial charge on any atom is -0.389 e. The second kappa shape index (κ2) is 5.61. The van der Waals surface area contributed by atoms with E-state index in [1.807, 2.05) is 0 Å². The van der Waals surface area contributed by atoms with Gasteiger partial charge in [-0.05, 0) is 49.9 Å². The highest BCUT2D eigenvalue weighted by molar-refractivity contribution is 5.01. The molecule has 2 nitrogen and oxygen atoms in total. The van der Waals surface area contributed by atoms with E-state index in [1.54, 1.807) is 0 Å². The minimum atomic E-state index is -0.425. The van der Waals surface area contributed by atoms with Gasteiger partial charge in [-0.3, -0.25) is 0 Å². The summed E-state index contributed by atoms with van der Waals surface area (Å²) in [6.45, 7) is 5.48. The zero-order chi connectivity index (χ0) is 14.2. The molecular weight excluding hydrogens is 248 g/mol. The normalized spacial score (nSPS) is 45.5. The molecule has 116 valence electrons. The van der Waals surface area contributed by atoms with E-state index in [4.69, 9.17) is 4.74 Å². The van der Waals surface area contributed by atoms with Gasteiger partial charge in [-0.2, -0.15) is 0 Å². The number of ether oxygens (including phenoxy) is 1. The molecule has 2 aliphatic carbocycles. The van der Waals surface area contributed by atoms with Crippen molar-refractivity contribution in [2.75, 3.05) is 6.61 Å². The van der Waals surface area contributed by atoms with E-state index in [1.165, 1.54) is 44.9 Å². The Morgan fingerprint density at radius 1 is 0.950 bits per heavy atom. The Bertz CT molecular complexity index is 329. The first-order valence-corrected chi connectivity index (χ1v) is 8.92. The first kappa shape index (κ1) is 14.8. The van der Waals surface area contributed by atoms with Crippen molar-refractivity contribution in [2.24, 2.45) is 17.8 Å². The Morgan fingerprint density at radius 3 is 2.45 bits per heavy atom. The van der Waals surface area contributed by atoms with Crippen LogP contribution in [0.2, 0.25) is 0 Å². The zero-order valence-electron chi connectivity index (χ0n) is 13.4. The van der Waals surface area contributed by atoms with Gasteiger partial charge in [0, 0.05) is 6.61 Å². The molecule has 1 aliphatic heterocycles. The Kier molecular flexibility index (Phi) is 4.16. The molecule has 0 bridgehead atoms. The van der Waals surface area contributed by atoms with Crippen molar-refractivity contribution in [3.05, 3.63) is 0 Å². The molecule has 4 atom stereocenters. The van der Waals surface area contributed by atoms with Gasteiger partial charge in [-0.25, -0.2) is 0 Å². The third-order valence-corrected chi connectivity index (χ3v) is 6.84. The minimum absolute atomic E-state index is 0.122. The molecule has 2 saturated carbocycles. The smallest absolute Gasteiger partial charge is 0.0705 e. The van der Waals surface area contributed by atoms with Crippen molar-refractivity contribution in [1.29, 1.82) is 0 Å². The molecule has 4 unspecified atom stereocenters. The van der Waals surface area contributed by atoms with Crippen LogP contribution in [0.1, 0.15) is 78.1 Å². The fourth-order valence-electron chi connectivity index (χ4n) is 5.25. The van der Waals surface area contributed by atoms with Crippen LogP contribution in [0.25, 0.3) is 0 Å². The summed E-state index contributed by atoms with van der Waals surface area (Å²) in [5.74, 6) is 1.57. The summed E-state index contributed by atoms with van der Waals surface area (Å²) >= 11 is 0. The summed E-state index contributed by atoms with van der Waals surface area (Å²) in [5, 5.41) is 11.4. The third kappa shape index (κ3) is 2.54. The van der Waals surface area contributed by atoms with Crippen LogP contribution in [0, 0.1) is 17.8 Å². The summed E-state index contributed by atoms with van der Waals surface area (Å²) in [6, 6.07) is 0. The van der Waals surface area contributed by atoms with Gasteiger partial charge in [0.25, 0.3) is 0 Å². The summed E-state index contributed by atoms with van der Waals surface area (Å²) in [4.78, 5) is 0. The van der Waals surface area contributed by atoms with Gasteiger partial charge in [-0.1, -0.05) is 46.0 Å². The SMILES string of the molecule is CC1CCCC(O)(C2CCOC3(CCCCC3)C2)C1C. The Morgan fingerprint density at radius 2 is 1.70 bits per heavy atom. The maximum atomic E-state index is 11.4. The molecule has 1 heterocycles. The van der Waals surface area contributed by atoms with Gasteiger partial charge in [-0.15, -0.1) is 0 Å². The molecule has 3 rings (SSSR count). The van der Waals surface area contributed by atoms with Crippen LogP contribution in [0.15, 0.2) is 0 Å². The Balaban J connectivity index is 1.75. The second-order valence-corrected chi connectivity index (χ2v) is 7.93. The van der Waals surface area contributed by atoms with Crippen molar-refractivity contribution >= 4 is 0 Å². The molecular formula is C18H32O2. The van der Waals surface area contributed by atoms with Gasteiger partial charge in [0.05, 0.1) is 11.2 Å². The lowest BCUT2D eigenvalue weighted by atomic mass is 9.60. The Labute approximate surface area is 124 Å². The predicted molar refractivity (Wildman–Crippen MR) is 81.6 cm³/mol. The van der Waals surface area contributed by atoms with Crippen molar-refractivity contribution < 1.29 is 9.84 Å². The van der Waals surface area contributed by atoms with E-state index in [0.717, 1.165) is 25.9 Å². The van der Waals surface area contributed by atoms with E-state index in [-0.39, 0.29) is 5.60 Å². The largest absolute Gasteiger partial charge is 0.389 e. The fraction of sp³-hybridized carbons (Fsp3) is 1.00. The highest BCUT2D eigenvalue weighted by Gasteiger charge is 2.50. The lowest BCUT2D eigenvalue weighted by Gasteiger charge is -2.52. The molecule has 0 aromatic carbocycles.